The molecule has 1 aromatic rings. The van der Waals surface area contributed by atoms with Gasteiger partial charge in [0.05, 0.1) is 6.10 Å². The molecule has 1 saturated carbocycles. The predicted molar refractivity (Wildman–Crippen MR) is 115 cm³/mol. The van der Waals surface area contributed by atoms with Gasteiger partial charge in [-0.1, -0.05) is 49.6 Å². The zero-order chi connectivity index (χ0) is 19.5. The number of nitrogens with zero attached hydrogens (tertiary/aromatic N) is 1. The molecule has 2 N–H and O–H groups in total. The van der Waals surface area contributed by atoms with Crippen molar-refractivity contribution in [1.29, 1.82) is 0 Å². The maximum Gasteiger partial charge on any atom is 0.191 e. The highest BCUT2D eigenvalue weighted by atomic mass is 16.5. The van der Waals surface area contributed by atoms with E-state index in [0.29, 0.717) is 6.10 Å². The first-order valence-electron chi connectivity index (χ1n) is 11.0. The topological polar surface area (TPSA) is 54.9 Å². The maximum absolute atomic E-state index is 6.01. The van der Waals surface area contributed by atoms with E-state index in [1.165, 1.54) is 37.7 Å². The summed E-state index contributed by atoms with van der Waals surface area (Å²) in [5.41, 5.74) is 1.50. The van der Waals surface area contributed by atoms with Gasteiger partial charge < -0.3 is 20.1 Å². The van der Waals surface area contributed by atoms with Gasteiger partial charge in [0.2, 0.25) is 0 Å². The smallest absolute Gasteiger partial charge is 0.191 e. The Hall–Kier alpha value is -1.59. The van der Waals surface area contributed by atoms with Gasteiger partial charge in [-0.05, 0) is 37.7 Å². The second-order valence-corrected chi connectivity index (χ2v) is 8.10. The molecule has 1 aliphatic heterocycles. The Bertz CT molecular complexity index is 579. The highest BCUT2D eigenvalue weighted by Gasteiger charge is 2.34. The number of guanidine groups is 1. The molecule has 1 heterocycles. The zero-order valence-corrected chi connectivity index (χ0v) is 17.4. The van der Waals surface area contributed by atoms with Crippen LogP contribution in [0.3, 0.4) is 0 Å². The zero-order valence-electron chi connectivity index (χ0n) is 17.4. The number of benzene rings is 1. The molecule has 28 heavy (non-hydrogen) atoms. The monoisotopic (exact) mass is 387 g/mol. The first-order chi connectivity index (χ1) is 13.8. The highest BCUT2D eigenvalue weighted by Crippen LogP contribution is 2.34. The number of aliphatic imine (C=N–C) groups is 1. The molecule has 3 rings (SSSR count). The van der Waals surface area contributed by atoms with E-state index in [4.69, 9.17) is 9.47 Å². The molecule has 1 aliphatic carbocycles. The summed E-state index contributed by atoms with van der Waals surface area (Å²) in [6, 6.07) is 10.8. The number of rotatable bonds is 8. The number of hydrogen-bond donors (Lipinski definition) is 2. The second-order valence-electron chi connectivity index (χ2n) is 8.10. The summed E-state index contributed by atoms with van der Waals surface area (Å²) in [5.74, 6) is 0.875. The molecule has 0 radical (unpaired) electrons. The molecular formula is C23H37N3O2. The van der Waals surface area contributed by atoms with Crippen LogP contribution >= 0.6 is 0 Å². The molecule has 0 aromatic heterocycles. The third kappa shape index (κ3) is 6.21. The summed E-state index contributed by atoms with van der Waals surface area (Å²) >= 11 is 0. The van der Waals surface area contributed by atoms with Gasteiger partial charge >= 0.3 is 0 Å². The van der Waals surface area contributed by atoms with Crippen molar-refractivity contribution in [3.05, 3.63) is 35.9 Å². The normalized spacial score (nSPS) is 20.7. The van der Waals surface area contributed by atoms with Crippen molar-refractivity contribution in [3.8, 4) is 0 Å². The standard InChI is InChI=1S/C23H37N3O2/c1-24-22(25-15-8-16-28-21-11-6-3-7-12-21)26-19-23(13-17-27-18-14-23)20-9-4-2-5-10-20/h2,4-5,9-10,21H,3,6-8,11-19H2,1H3,(H2,24,25,26). The number of ether oxygens (including phenoxy) is 2. The summed E-state index contributed by atoms with van der Waals surface area (Å²) in [5, 5.41) is 7.00. The Kier molecular flexibility index (Phi) is 8.62. The fraction of sp³-hybridized carbons (Fsp3) is 0.696. The predicted octanol–water partition coefficient (Wildman–Crippen LogP) is 3.64. The van der Waals surface area contributed by atoms with Crippen LogP contribution in [0.1, 0.15) is 56.9 Å². The van der Waals surface area contributed by atoms with Gasteiger partial charge in [-0.3, -0.25) is 4.99 Å². The van der Waals surface area contributed by atoms with E-state index in [-0.39, 0.29) is 5.41 Å². The molecule has 5 nitrogen and oxygen atoms in total. The molecule has 2 aliphatic rings. The summed E-state index contributed by atoms with van der Waals surface area (Å²) in [6.07, 6.45) is 10.1. The van der Waals surface area contributed by atoms with Crippen molar-refractivity contribution in [2.45, 2.75) is 62.9 Å². The Morgan fingerprint density at radius 1 is 1.11 bits per heavy atom. The molecule has 156 valence electrons. The fourth-order valence-corrected chi connectivity index (χ4v) is 4.36. The van der Waals surface area contributed by atoms with Gasteiger partial charge in [0.25, 0.3) is 0 Å². The molecule has 0 unspecified atom stereocenters. The number of nitrogens with one attached hydrogen (secondary N) is 2. The molecule has 0 amide bonds. The summed E-state index contributed by atoms with van der Waals surface area (Å²) in [6.45, 7) is 4.23. The van der Waals surface area contributed by atoms with Crippen LogP contribution in [0.4, 0.5) is 0 Å². The van der Waals surface area contributed by atoms with Crippen molar-refractivity contribution >= 4 is 5.96 Å². The molecular weight excluding hydrogens is 350 g/mol. The van der Waals surface area contributed by atoms with Crippen molar-refractivity contribution in [2.24, 2.45) is 4.99 Å². The van der Waals surface area contributed by atoms with E-state index < -0.39 is 0 Å². The lowest BCUT2D eigenvalue weighted by molar-refractivity contribution is 0.0276. The van der Waals surface area contributed by atoms with Crippen molar-refractivity contribution in [3.63, 3.8) is 0 Å². The summed E-state index contributed by atoms with van der Waals surface area (Å²) in [4.78, 5) is 4.41. The molecule has 1 saturated heterocycles. The van der Waals surface area contributed by atoms with Crippen molar-refractivity contribution in [1.82, 2.24) is 10.6 Å². The van der Waals surface area contributed by atoms with Crippen molar-refractivity contribution in [2.75, 3.05) is 40.0 Å². The lowest BCUT2D eigenvalue weighted by Gasteiger charge is -2.38. The average Bonchev–Trinajstić information content (AvgIpc) is 2.77. The average molecular weight is 388 g/mol. The van der Waals surface area contributed by atoms with E-state index in [1.54, 1.807) is 0 Å². The quantitative estimate of drug-likeness (QED) is 0.406. The van der Waals surface area contributed by atoms with Crippen molar-refractivity contribution < 1.29 is 9.47 Å². The lowest BCUT2D eigenvalue weighted by atomic mass is 9.74. The van der Waals surface area contributed by atoms with Gasteiger partial charge in [-0.2, -0.15) is 0 Å². The van der Waals surface area contributed by atoms with E-state index in [9.17, 15) is 0 Å². The fourth-order valence-electron chi connectivity index (χ4n) is 4.36. The summed E-state index contributed by atoms with van der Waals surface area (Å²) < 4.78 is 11.6. The maximum atomic E-state index is 6.01. The van der Waals surface area contributed by atoms with E-state index in [2.05, 4.69) is 46.0 Å². The Morgan fingerprint density at radius 3 is 2.57 bits per heavy atom. The van der Waals surface area contributed by atoms with Crippen LogP contribution in [0.2, 0.25) is 0 Å². The lowest BCUT2D eigenvalue weighted by Crippen LogP contribution is -2.48. The molecule has 1 aromatic carbocycles. The molecule has 0 bridgehead atoms. The van der Waals surface area contributed by atoms with Crippen LogP contribution in [-0.4, -0.2) is 52.0 Å². The third-order valence-corrected chi connectivity index (χ3v) is 6.17. The Balaban J connectivity index is 1.42. The largest absolute Gasteiger partial charge is 0.381 e. The van der Waals surface area contributed by atoms with Gasteiger partial charge in [-0.25, -0.2) is 0 Å². The first kappa shape index (κ1) is 21.1. The minimum Gasteiger partial charge on any atom is -0.381 e. The molecule has 5 heteroatoms. The van der Waals surface area contributed by atoms with Gasteiger partial charge in [0.15, 0.2) is 5.96 Å². The van der Waals surface area contributed by atoms with Crippen LogP contribution in [0.25, 0.3) is 0 Å². The van der Waals surface area contributed by atoms with E-state index in [1.807, 2.05) is 7.05 Å². The van der Waals surface area contributed by atoms with Gasteiger partial charge in [0, 0.05) is 45.4 Å². The van der Waals surface area contributed by atoms with E-state index >= 15 is 0 Å². The van der Waals surface area contributed by atoms with Crippen LogP contribution < -0.4 is 10.6 Å². The van der Waals surface area contributed by atoms with Crippen LogP contribution in [-0.2, 0) is 14.9 Å². The van der Waals surface area contributed by atoms with Gasteiger partial charge in [0.1, 0.15) is 0 Å². The minimum absolute atomic E-state index is 0.112. The van der Waals surface area contributed by atoms with Crippen LogP contribution in [0, 0.1) is 0 Å². The Labute approximate surface area is 170 Å². The first-order valence-corrected chi connectivity index (χ1v) is 11.0. The highest BCUT2D eigenvalue weighted by molar-refractivity contribution is 5.79. The second kappa shape index (κ2) is 11.4. The number of hydrogen-bond acceptors (Lipinski definition) is 3. The van der Waals surface area contributed by atoms with Crippen LogP contribution in [0.5, 0.6) is 0 Å². The Morgan fingerprint density at radius 2 is 1.86 bits per heavy atom. The minimum atomic E-state index is 0.112. The van der Waals surface area contributed by atoms with E-state index in [0.717, 1.165) is 58.1 Å². The molecule has 0 spiro atoms. The molecule has 0 atom stereocenters. The third-order valence-electron chi connectivity index (χ3n) is 6.17. The van der Waals surface area contributed by atoms with Crippen LogP contribution in [0.15, 0.2) is 35.3 Å². The van der Waals surface area contributed by atoms with Gasteiger partial charge in [-0.15, -0.1) is 0 Å². The SMILES string of the molecule is CN=C(NCCCOC1CCCCC1)NCC1(c2ccccc2)CCOCC1. The summed E-state index contributed by atoms with van der Waals surface area (Å²) in [7, 11) is 1.84. The molecule has 2 fully saturated rings.